The van der Waals surface area contributed by atoms with Crippen LogP contribution in [-0.4, -0.2) is 49.4 Å². The van der Waals surface area contributed by atoms with Gasteiger partial charge in [0.15, 0.2) is 15.0 Å². The highest BCUT2D eigenvalue weighted by molar-refractivity contribution is 8.16. The summed E-state index contributed by atoms with van der Waals surface area (Å²) in [6, 6.07) is 7.16. The normalized spacial score (nSPS) is 26.7. The van der Waals surface area contributed by atoms with Gasteiger partial charge in [0.2, 0.25) is 0 Å². The molecule has 1 amide bonds. The Labute approximate surface area is 152 Å². The highest BCUT2D eigenvalue weighted by atomic mass is 32.2. The van der Waals surface area contributed by atoms with E-state index in [9.17, 15) is 13.2 Å². The average Bonchev–Trinajstić information content (AvgIpc) is 2.97. The summed E-state index contributed by atoms with van der Waals surface area (Å²) in [7, 11) is -1.52. The van der Waals surface area contributed by atoms with Crippen LogP contribution in [0.2, 0.25) is 0 Å². The van der Waals surface area contributed by atoms with Gasteiger partial charge in [-0.15, -0.1) is 0 Å². The van der Waals surface area contributed by atoms with Gasteiger partial charge in [0.1, 0.15) is 5.75 Å². The molecule has 136 valence electrons. The number of benzene rings is 1. The maximum atomic E-state index is 12.4. The first-order chi connectivity index (χ1) is 11.6. The van der Waals surface area contributed by atoms with Gasteiger partial charge >= 0.3 is 0 Å². The third-order valence-corrected chi connectivity index (χ3v) is 7.46. The van der Waals surface area contributed by atoms with Gasteiger partial charge in [-0.1, -0.05) is 44.7 Å². The topological polar surface area (TPSA) is 76.0 Å². The molecule has 2 atom stereocenters. The van der Waals surface area contributed by atoms with E-state index in [0.29, 0.717) is 10.9 Å². The number of carbonyl (C=O) groups excluding carboxylic acids is 1. The monoisotopic (exact) mass is 382 g/mol. The highest BCUT2D eigenvalue weighted by Gasteiger charge is 2.50. The summed E-state index contributed by atoms with van der Waals surface area (Å²) in [6.07, 6.45) is 0. The molecule has 2 saturated heterocycles. The molecule has 0 bridgehead atoms. The van der Waals surface area contributed by atoms with Crippen molar-refractivity contribution in [2.75, 3.05) is 23.5 Å². The molecule has 2 heterocycles. The zero-order chi connectivity index (χ0) is 18.4. The molecule has 8 heteroatoms. The van der Waals surface area contributed by atoms with Crippen molar-refractivity contribution in [3.05, 3.63) is 24.3 Å². The summed E-state index contributed by atoms with van der Waals surface area (Å²) in [5.74, 6) is 0.573. The molecule has 6 nitrogen and oxygen atoms in total. The Bertz CT molecular complexity index is 827. The van der Waals surface area contributed by atoms with E-state index in [1.807, 2.05) is 49.9 Å². The van der Waals surface area contributed by atoms with Gasteiger partial charge < -0.3 is 9.64 Å². The van der Waals surface area contributed by atoms with Crippen LogP contribution in [0.4, 0.5) is 5.69 Å². The number of aliphatic imine (C=N–C) groups is 1. The standard InChI is InChI=1S/C17H22N2O4S2/c1-17(2,3)15(20)18-16-19(11-7-5-6-8-13(11)23-4)12-9-25(21,22)10-14(12)24-16/h5-8,12,14H,9-10H2,1-4H3/t12-,14+/m1/s1. The first-order valence-corrected chi connectivity index (χ1v) is 10.7. The SMILES string of the molecule is COc1ccccc1N1C(=NC(=O)C(C)(C)C)S[C@H]2CS(=O)(=O)C[C@H]21. The molecule has 3 rings (SSSR count). The predicted octanol–water partition coefficient (Wildman–Crippen LogP) is 2.34. The zero-order valence-electron chi connectivity index (χ0n) is 14.7. The summed E-state index contributed by atoms with van der Waals surface area (Å²) in [5.41, 5.74) is 0.145. The molecule has 25 heavy (non-hydrogen) atoms. The van der Waals surface area contributed by atoms with Gasteiger partial charge in [-0.25, -0.2) is 8.42 Å². The fourth-order valence-electron chi connectivity index (χ4n) is 2.93. The molecule has 2 aliphatic rings. The second-order valence-corrected chi connectivity index (χ2v) is 10.7. The molecule has 2 fully saturated rings. The van der Waals surface area contributed by atoms with E-state index in [2.05, 4.69) is 4.99 Å². The van der Waals surface area contributed by atoms with Crippen LogP contribution < -0.4 is 9.64 Å². The van der Waals surface area contributed by atoms with E-state index in [1.54, 1.807) is 7.11 Å². The number of hydrogen-bond acceptors (Lipinski definition) is 5. The summed E-state index contributed by atoms with van der Waals surface area (Å²) in [6.45, 7) is 5.45. The van der Waals surface area contributed by atoms with E-state index in [4.69, 9.17) is 4.74 Å². The van der Waals surface area contributed by atoms with Crippen molar-refractivity contribution in [2.45, 2.75) is 32.1 Å². The third kappa shape index (κ3) is 3.55. The summed E-state index contributed by atoms with van der Waals surface area (Å²) in [5, 5.41) is 0.427. The zero-order valence-corrected chi connectivity index (χ0v) is 16.4. The first-order valence-electron chi connectivity index (χ1n) is 8.05. The van der Waals surface area contributed by atoms with Crippen LogP contribution in [0.25, 0.3) is 0 Å². The number of rotatable bonds is 2. The quantitative estimate of drug-likeness (QED) is 0.781. The van der Waals surface area contributed by atoms with Crippen LogP contribution in [-0.2, 0) is 14.6 Å². The predicted molar refractivity (Wildman–Crippen MR) is 101 cm³/mol. The number of hydrogen-bond donors (Lipinski definition) is 0. The van der Waals surface area contributed by atoms with E-state index in [-0.39, 0.29) is 28.7 Å². The molecule has 0 radical (unpaired) electrons. The number of amidine groups is 1. The van der Waals surface area contributed by atoms with Crippen LogP contribution in [0.3, 0.4) is 0 Å². The molecule has 0 spiro atoms. The first kappa shape index (κ1) is 18.3. The Morgan fingerprint density at radius 2 is 1.96 bits per heavy atom. The molecule has 2 aliphatic heterocycles. The van der Waals surface area contributed by atoms with Gasteiger partial charge in [-0.2, -0.15) is 4.99 Å². The number of nitrogens with zero attached hydrogens (tertiary/aromatic N) is 2. The van der Waals surface area contributed by atoms with E-state index < -0.39 is 15.3 Å². The fraction of sp³-hybridized carbons (Fsp3) is 0.529. The van der Waals surface area contributed by atoms with E-state index in [0.717, 1.165) is 5.69 Å². The maximum absolute atomic E-state index is 12.4. The van der Waals surface area contributed by atoms with Crippen molar-refractivity contribution in [1.82, 2.24) is 0 Å². The molecule has 0 N–H and O–H groups in total. The van der Waals surface area contributed by atoms with Crippen LogP contribution in [0.5, 0.6) is 5.75 Å². The second-order valence-electron chi connectivity index (χ2n) is 7.29. The number of sulfone groups is 1. The second kappa shape index (κ2) is 6.32. The van der Waals surface area contributed by atoms with Gasteiger partial charge in [-0.05, 0) is 12.1 Å². The van der Waals surface area contributed by atoms with Crippen molar-refractivity contribution in [3.8, 4) is 5.75 Å². The minimum atomic E-state index is -3.09. The number of thioether (sulfide) groups is 1. The number of methoxy groups -OCH3 is 1. The van der Waals surface area contributed by atoms with Crippen molar-refractivity contribution in [3.63, 3.8) is 0 Å². The van der Waals surface area contributed by atoms with Crippen molar-refractivity contribution >= 4 is 38.4 Å². The number of fused-ring (bicyclic) bond motifs is 1. The van der Waals surface area contributed by atoms with E-state index >= 15 is 0 Å². The van der Waals surface area contributed by atoms with Gasteiger partial charge in [0.25, 0.3) is 5.91 Å². The lowest BCUT2D eigenvalue weighted by molar-refractivity contribution is -0.124. The smallest absolute Gasteiger partial charge is 0.253 e. The maximum Gasteiger partial charge on any atom is 0.253 e. The minimum absolute atomic E-state index is 0.0610. The third-order valence-electron chi connectivity index (χ3n) is 4.25. The van der Waals surface area contributed by atoms with E-state index in [1.165, 1.54) is 11.8 Å². The number of ether oxygens (including phenoxy) is 1. The van der Waals surface area contributed by atoms with Gasteiger partial charge in [-0.3, -0.25) is 4.79 Å². The Morgan fingerprint density at radius 3 is 2.60 bits per heavy atom. The lowest BCUT2D eigenvalue weighted by Crippen LogP contribution is -2.38. The van der Waals surface area contributed by atoms with Crippen LogP contribution in [0, 0.1) is 5.41 Å². The Balaban J connectivity index is 2.07. The number of para-hydroxylation sites is 2. The lowest BCUT2D eigenvalue weighted by atomic mass is 9.96. The van der Waals surface area contributed by atoms with Crippen LogP contribution in [0.15, 0.2) is 29.3 Å². The molecule has 0 aliphatic carbocycles. The molecule has 1 aromatic rings. The molecule has 0 saturated carbocycles. The number of anilines is 1. The summed E-state index contributed by atoms with van der Waals surface area (Å²) in [4.78, 5) is 18.6. The minimum Gasteiger partial charge on any atom is -0.495 e. The fourth-order valence-corrected chi connectivity index (χ4v) is 6.83. The lowest BCUT2D eigenvalue weighted by Gasteiger charge is -2.26. The van der Waals surface area contributed by atoms with Crippen LogP contribution in [0.1, 0.15) is 20.8 Å². The molecule has 0 unspecified atom stereocenters. The van der Waals surface area contributed by atoms with Crippen molar-refractivity contribution in [1.29, 1.82) is 0 Å². The van der Waals surface area contributed by atoms with Crippen molar-refractivity contribution < 1.29 is 17.9 Å². The summed E-state index contributed by atoms with van der Waals surface area (Å²) < 4.78 is 29.6. The Kier molecular flexibility index (Phi) is 4.61. The molecule has 1 aromatic carbocycles. The summed E-state index contributed by atoms with van der Waals surface area (Å²) >= 11 is 1.37. The van der Waals surface area contributed by atoms with Gasteiger partial charge in [0, 0.05) is 10.7 Å². The number of carbonyl (C=O) groups is 1. The van der Waals surface area contributed by atoms with Crippen LogP contribution >= 0.6 is 11.8 Å². The average molecular weight is 383 g/mol. The Hall–Kier alpha value is -1.54. The largest absolute Gasteiger partial charge is 0.495 e. The highest BCUT2D eigenvalue weighted by Crippen LogP contribution is 2.44. The van der Waals surface area contributed by atoms with Gasteiger partial charge in [0.05, 0.1) is 30.3 Å². The Morgan fingerprint density at radius 1 is 1.28 bits per heavy atom. The number of amides is 1. The molecular weight excluding hydrogens is 360 g/mol. The van der Waals surface area contributed by atoms with Crippen molar-refractivity contribution in [2.24, 2.45) is 10.4 Å². The molecule has 0 aromatic heterocycles. The molecular formula is C17H22N2O4S2.